The Morgan fingerprint density at radius 1 is 1.09 bits per heavy atom. The highest BCUT2D eigenvalue weighted by molar-refractivity contribution is 5.86. The number of anilines is 1. The molecule has 170 valence electrons. The molecule has 2 aliphatic heterocycles. The van der Waals surface area contributed by atoms with Crippen molar-refractivity contribution in [3.8, 4) is 5.75 Å². The predicted octanol–water partition coefficient (Wildman–Crippen LogP) is 3.37. The maximum atomic E-state index is 6.41. The van der Waals surface area contributed by atoms with Crippen molar-refractivity contribution in [3.63, 3.8) is 0 Å². The molecule has 4 aromatic rings. The van der Waals surface area contributed by atoms with Crippen molar-refractivity contribution in [3.05, 3.63) is 54.6 Å². The van der Waals surface area contributed by atoms with Crippen LogP contribution >= 0.6 is 0 Å². The molecule has 0 amide bonds. The molecule has 1 aromatic carbocycles. The number of aryl methyl sites for hydroxylation is 1. The van der Waals surface area contributed by atoms with Crippen molar-refractivity contribution < 1.29 is 18.9 Å². The standard InChI is InChI=1S/C24H25N5O4/c1-13-4-5-14-6-7-15(10-17(14)28-13)30-11-18-19-20(33-24(2,3)32-19)23(31-18)29-9-8-16-21(25)26-12-27-22(16)29/h4-10,12,18-20,23H,11H2,1-3H3,(H2,25,26,27)/t18-,19-,20-,23-/m1/s1. The molecule has 0 spiro atoms. The summed E-state index contributed by atoms with van der Waals surface area (Å²) < 4.78 is 26.9. The number of pyridine rings is 1. The summed E-state index contributed by atoms with van der Waals surface area (Å²) in [5, 5.41) is 1.84. The van der Waals surface area contributed by atoms with E-state index < -0.39 is 12.0 Å². The first-order chi connectivity index (χ1) is 15.9. The van der Waals surface area contributed by atoms with Crippen molar-refractivity contribution in [2.45, 2.75) is 51.1 Å². The van der Waals surface area contributed by atoms with E-state index in [1.165, 1.54) is 6.33 Å². The SMILES string of the molecule is Cc1ccc2ccc(OC[C@H]3O[C@@H](n4ccc5c(N)ncnc54)[C@@H]4OC(C)(C)O[C@@H]43)cc2n1. The first kappa shape index (κ1) is 20.3. The summed E-state index contributed by atoms with van der Waals surface area (Å²) in [5.41, 5.74) is 8.57. The van der Waals surface area contributed by atoms with E-state index in [1.807, 2.05) is 61.9 Å². The van der Waals surface area contributed by atoms with Gasteiger partial charge in [-0.1, -0.05) is 6.07 Å². The summed E-state index contributed by atoms with van der Waals surface area (Å²) in [6.07, 6.45) is 1.97. The predicted molar refractivity (Wildman–Crippen MR) is 122 cm³/mol. The van der Waals surface area contributed by atoms with Crippen molar-refractivity contribution in [1.29, 1.82) is 0 Å². The number of ether oxygens (including phenoxy) is 4. The van der Waals surface area contributed by atoms with Crippen LogP contribution in [-0.2, 0) is 14.2 Å². The Kier molecular flexibility index (Phi) is 4.55. The molecule has 0 aliphatic carbocycles. The Balaban J connectivity index is 1.27. The highest BCUT2D eigenvalue weighted by Gasteiger charge is 2.56. The molecule has 9 heteroatoms. The van der Waals surface area contributed by atoms with Crippen LogP contribution in [0.1, 0.15) is 25.8 Å². The van der Waals surface area contributed by atoms with Crippen LogP contribution in [0.15, 0.2) is 48.9 Å². The van der Waals surface area contributed by atoms with Gasteiger partial charge in [0.2, 0.25) is 0 Å². The zero-order valence-corrected chi connectivity index (χ0v) is 18.6. The fourth-order valence-corrected chi connectivity index (χ4v) is 4.68. The Labute approximate surface area is 190 Å². The molecular formula is C24H25N5O4. The number of nitrogen functional groups attached to an aromatic ring is 1. The third-order valence-corrected chi connectivity index (χ3v) is 6.16. The number of hydrogen-bond donors (Lipinski definition) is 1. The second kappa shape index (κ2) is 7.38. The lowest BCUT2D eigenvalue weighted by Crippen LogP contribution is -2.33. The summed E-state index contributed by atoms with van der Waals surface area (Å²) in [7, 11) is 0. The highest BCUT2D eigenvalue weighted by Crippen LogP contribution is 2.44. The quantitative estimate of drug-likeness (QED) is 0.508. The minimum atomic E-state index is -0.725. The molecule has 4 atom stereocenters. The van der Waals surface area contributed by atoms with E-state index in [-0.39, 0.29) is 18.3 Å². The van der Waals surface area contributed by atoms with Gasteiger partial charge in [0.05, 0.1) is 10.9 Å². The molecule has 9 nitrogen and oxygen atoms in total. The van der Waals surface area contributed by atoms with Gasteiger partial charge in [-0.2, -0.15) is 0 Å². The van der Waals surface area contributed by atoms with Crippen LogP contribution in [0.25, 0.3) is 21.9 Å². The van der Waals surface area contributed by atoms with Gasteiger partial charge in [0, 0.05) is 23.3 Å². The molecule has 2 fully saturated rings. The molecule has 6 rings (SSSR count). The largest absolute Gasteiger partial charge is 0.491 e. The molecule has 2 aliphatic rings. The first-order valence-electron chi connectivity index (χ1n) is 11.0. The van der Waals surface area contributed by atoms with Crippen LogP contribution in [-0.4, -0.2) is 50.2 Å². The Morgan fingerprint density at radius 2 is 1.91 bits per heavy atom. The maximum Gasteiger partial charge on any atom is 0.164 e. The molecule has 2 saturated heterocycles. The van der Waals surface area contributed by atoms with Crippen molar-refractivity contribution in [2.75, 3.05) is 12.3 Å². The molecule has 2 N–H and O–H groups in total. The summed E-state index contributed by atoms with van der Waals surface area (Å²) >= 11 is 0. The third kappa shape index (κ3) is 3.49. The smallest absolute Gasteiger partial charge is 0.164 e. The second-order valence-corrected chi connectivity index (χ2v) is 8.97. The van der Waals surface area contributed by atoms with Gasteiger partial charge in [-0.15, -0.1) is 0 Å². The Bertz CT molecular complexity index is 1350. The molecule has 0 unspecified atom stereocenters. The Hall–Kier alpha value is -3.27. The van der Waals surface area contributed by atoms with E-state index >= 15 is 0 Å². The normalized spacial score (nSPS) is 26.2. The summed E-state index contributed by atoms with van der Waals surface area (Å²) in [5.74, 6) is 0.434. The van der Waals surface area contributed by atoms with Gasteiger partial charge in [0.25, 0.3) is 0 Å². The van der Waals surface area contributed by atoms with Crippen LogP contribution in [0.5, 0.6) is 5.75 Å². The third-order valence-electron chi connectivity index (χ3n) is 6.16. The summed E-state index contributed by atoms with van der Waals surface area (Å²) in [4.78, 5) is 13.1. The van der Waals surface area contributed by atoms with Gasteiger partial charge in [0.1, 0.15) is 48.5 Å². The minimum absolute atomic E-state index is 0.289. The lowest BCUT2D eigenvalue weighted by molar-refractivity contribution is -0.198. The maximum absolute atomic E-state index is 6.41. The van der Waals surface area contributed by atoms with Crippen molar-refractivity contribution in [1.82, 2.24) is 19.5 Å². The van der Waals surface area contributed by atoms with E-state index in [1.54, 1.807) is 0 Å². The van der Waals surface area contributed by atoms with Gasteiger partial charge in [-0.25, -0.2) is 9.97 Å². The average molecular weight is 447 g/mol. The molecule has 33 heavy (non-hydrogen) atoms. The first-order valence-corrected chi connectivity index (χ1v) is 11.0. The second-order valence-electron chi connectivity index (χ2n) is 8.97. The summed E-state index contributed by atoms with van der Waals surface area (Å²) in [6, 6.07) is 11.8. The zero-order valence-electron chi connectivity index (χ0n) is 18.6. The number of fused-ring (bicyclic) bond motifs is 3. The van der Waals surface area contributed by atoms with Crippen molar-refractivity contribution in [2.24, 2.45) is 0 Å². The molecule has 0 radical (unpaired) electrons. The lowest BCUT2D eigenvalue weighted by Gasteiger charge is -2.25. The number of nitrogens with two attached hydrogens (primary N) is 1. The van der Waals surface area contributed by atoms with Crippen LogP contribution in [0.2, 0.25) is 0 Å². The number of nitrogens with zero attached hydrogens (tertiary/aromatic N) is 4. The molecule has 3 aromatic heterocycles. The fourth-order valence-electron chi connectivity index (χ4n) is 4.68. The number of rotatable bonds is 4. The number of benzene rings is 1. The molecule has 0 saturated carbocycles. The van der Waals surface area contributed by atoms with E-state index in [0.29, 0.717) is 18.1 Å². The van der Waals surface area contributed by atoms with Gasteiger partial charge in [0.15, 0.2) is 12.0 Å². The van der Waals surface area contributed by atoms with Crippen molar-refractivity contribution >= 4 is 27.8 Å². The Morgan fingerprint density at radius 3 is 2.79 bits per heavy atom. The van der Waals surface area contributed by atoms with E-state index in [2.05, 4.69) is 21.0 Å². The molecule has 5 heterocycles. The zero-order chi connectivity index (χ0) is 22.7. The van der Waals surface area contributed by atoms with Gasteiger partial charge in [-0.3, -0.25) is 4.98 Å². The summed E-state index contributed by atoms with van der Waals surface area (Å²) in [6.45, 7) is 6.10. The van der Waals surface area contributed by atoms with Crippen LogP contribution in [0.4, 0.5) is 5.82 Å². The fraction of sp³-hybridized carbons (Fsp3) is 0.375. The monoisotopic (exact) mass is 447 g/mol. The van der Waals surface area contributed by atoms with E-state index in [4.69, 9.17) is 24.7 Å². The number of hydrogen-bond acceptors (Lipinski definition) is 8. The van der Waals surface area contributed by atoms with E-state index in [9.17, 15) is 0 Å². The molecule has 0 bridgehead atoms. The minimum Gasteiger partial charge on any atom is -0.491 e. The lowest BCUT2D eigenvalue weighted by atomic mass is 10.1. The van der Waals surface area contributed by atoms with Gasteiger partial charge < -0.3 is 29.2 Å². The number of aromatic nitrogens is 4. The van der Waals surface area contributed by atoms with Crippen LogP contribution in [0.3, 0.4) is 0 Å². The van der Waals surface area contributed by atoms with E-state index in [0.717, 1.165) is 27.7 Å². The van der Waals surface area contributed by atoms with Crippen LogP contribution < -0.4 is 10.5 Å². The topological polar surface area (TPSA) is 107 Å². The average Bonchev–Trinajstić information content (AvgIpc) is 3.43. The molecular weight excluding hydrogens is 422 g/mol. The highest BCUT2D eigenvalue weighted by atomic mass is 16.8. The van der Waals surface area contributed by atoms with Gasteiger partial charge >= 0.3 is 0 Å². The van der Waals surface area contributed by atoms with Crippen LogP contribution in [0, 0.1) is 6.92 Å². The van der Waals surface area contributed by atoms with Gasteiger partial charge in [-0.05, 0) is 45.0 Å².